The largest absolute Gasteiger partial charge is 0.255 e. The molecule has 0 bridgehead atoms. The van der Waals surface area contributed by atoms with Crippen molar-refractivity contribution in [2.45, 2.75) is 0 Å². The highest BCUT2D eigenvalue weighted by molar-refractivity contribution is 6.18. The molecule has 4 heteroatoms. The van der Waals surface area contributed by atoms with Crippen LogP contribution in [-0.2, 0) is 0 Å². The average Bonchev–Trinajstić information content (AvgIpc) is 1.61. The van der Waals surface area contributed by atoms with Crippen molar-refractivity contribution in [3.63, 3.8) is 0 Å². The first-order valence-corrected chi connectivity index (χ1v) is 2.77. The zero-order valence-electron chi connectivity index (χ0n) is 5.15. The predicted octanol–water partition coefficient (Wildman–Crippen LogP) is 0.713. The molecule has 0 aromatic carbocycles. The Morgan fingerprint density at radius 3 is 2.12 bits per heavy atom. The van der Waals surface area contributed by atoms with Gasteiger partial charge in [-0.05, 0) is 0 Å². The van der Waals surface area contributed by atoms with Gasteiger partial charge in [0.25, 0.3) is 0 Å². The predicted molar refractivity (Wildman–Crippen MR) is 39.7 cm³/mol. The Labute approximate surface area is 61.6 Å². The van der Waals surface area contributed by atoms with Crippen LogP contribution < -0.4 is 5.43 Å². The van der Waals surface area contributed by atoms with Crippen LogP contribution in [0.3, 0.4) is 0 Å². The third-order valence-electron chi connectivity index (χ3n) is 0.523. The van der Waals surface area contributed by atoms with Crippen molar-refractivity contribution in [2.24, 2.45) is 0 Å². The first-order chi connectivity index (χ1) is 3.27. The Morgan fingerprint density at radius 1 is 1.50 bits per heavy atom. The SMILES string of the molecule is CN(C)NCCCl.Cl. The lowest BCUT2D eigenvalue weighted by Crippen LogP contribution is -2.31. The van der Waals surface area contributed by atoms with E-state index in [1.165, 1.54) is 0 Å². The maximum atomic E-state index is 5.36. The Morgan fingerprint density at radius 2 is 2.00 bits per heavy atom. The second kappa shape index (κ2) is 7.50. The first kappa shape index (κ1) is 11.3. The van der Waals surface area contributed by atoms with Crippen LogP contribution in [0, 0.1) is 0 Å². The van der Waals surface area contributed by atoms with Gasteiger partial charge in [-0.1, -0.05) is 0 Å². The number of rotatable bonds is 3. The molecule has 0 aliphatic rings. The third-order valence-corrected chi connectivity index (χ3v) is 0.712. The van der Waals surface area contributed by atoms with Gasteiger partial charge in [-0.3, -0.25) is 10.4 Å². The zero-order chi connectivity index (χ0) is 5.70. The number of alkyl halides is 1. The molecule has 2 nitrogen and oxygen atoms in total. The molecule has 0 unspecified atom stereocenters. The molecule has 0 radical (unpaired) electrons. The summed E-state index contributed by atoms with van der Waals surface area (Å²) in [6.45, 7) is 0.842. The van der Waals surface area contributed by atoms with Gasteiger partial charge in [0.2, 0.25) is 0 Å². The molecule has 52 valence electrons. The molecule has 0 saturated carbocycles. The van der Waals surface area contributed by atoms with Crippen LogP contribution in [0.15, 0.2) is 0 Å². The molecule has 0 heterocycles. The molecule has 0 fully saturated rings. The standard InChI is InChI=1S/C4H11ClN2.ClH/c1-7(2)6-4-3-5;/h6H,3-4H2,1-2H3;1H. The molecule has 0 rings (SSSR count). The Hall–Kier alpha value is 0.500. The van der Waals surface area contributed by atoms with Crippen molar-refractivity contribution in [3.8, 4) is 0 Å². The van der Waals surface area contributed by atoms with E-state index in [9.17, 15) is 0 Å². The third kappa shape index (κ3) is 9.71. The monoisotopic (exact) mass is 158 g/mol. The van der Waals surface area contributed by atoms with E-state index in [-0.39, 0.29) is 12.4 Å². The molecule has 1 N–H and O–H groups in total. The van der Waals surface area contributed by atoms with Crippen molar-refractivity contribution in [1.29, 1.82) is 0 Å². The molecule has 0 spiro atoms. The van der Waals surface area contributed by atoms with Crippen LogP contribution in [-0.4, -0.2) is 31.5 Å². The quantitative estimate of drug-likeness (QED) is 0.482. The van der Waals surface area contributed by atoms with E-state index < -0.39 is 0 Å². The fourth-order valence-electron chi connectivity index (χ4n) is 0.266. The smallest absolute Gasteiger partial charge is 0.0362 e. The Bertz CT molecular complexity index is 41.0. The summed E-state index contributed by atoms with van der Waals surface area (Å²) in [5, 5.41) is 1.88. The number of halogens is 2. The maximum absolute atomic E-state index is 5.36. The van der Waals surface area contributed by atoms with Gasteiger partial charge in [0.15, 0.2) is 0 Å². The van der Waals surface area contributed by atoms with E-state index in [1.807, 2.05) is 19.1 Å². The van der Waals surface area contributed by atoms with Gasteiger partial charge in [0, 0.05) is 26.5 Å². The van der Waals surface area contributed by atoms with E-state index in [2.05, 4.69) is 5.43 Å². The second-order valence-corrected chi connectivity index (χ2v) is 1.87. The summed E-state index contributed by atoms with van der Waals surface area (Å²) in [4.78, 5) is 0. The van der Waals surface area contributed by atoms with Crippen molar-refractivity contribution in [3.05, 3.63) is 0 Å². The molecule has 0 aromatic rings. The molecule has 0 saturated heterocycles. The molecular weight excluding hydrogens is 147 g/mol. The minimum Gasteiger partial charge on any atom is -0.255 e. The maximum Gasteiger partial charge on any atom is 0.0362 e. The fraction of sp³-hybridized carbons (Fsp3) is 1.00. The lowest BCUT2D eigenvalue weighted by Gasteiger charge is -2.08. The molecule has 8 heavy (non-hydrogen) atoms. The highest BCUT2D eigenvalue weighted by Gasteiger charge is 1.81. The van der Waals surface area contributed by atoms with Gasteiger partial charge in [0.05, 0.1) is 0 Å². The van der Waals surface area contributed by atoms with Crippen LogP contribution >= 0.6 is 24.0 Å². The minimum absolute atomic E-state index is 0. The van der Waals surface area contributed by atoms with Crippen molar-refractivity contribution in [2.75, 3.05) is 26.5 Å². The van der Waals surface area contributed by atoms with Crippen LogP contribution in [0.1, 0.15) is 0 Å². The van der Waals surface area contributed by atoms with Crippen LogP contribution in [0.2, 0.25) is 0 Å². The van der Waals surface area contributed by atoms with Crippen LogP contribution in [0.4, 0.5) is 0 Å². The van der Waals surface area contributed by atoms with Gasteiger partial charge >= 0.3 is 0 Å². The molecule has 0 atom stereocenters. The first-order valence-electron chi connectivity index (χ1n) is 2.24. The minimum atomic E-state index is 0. The van der Waals surface area contributed by atoms with E-state index in [4.69, 9.17) is 11.6 Å². The summed E-state index contributed by atoms with van der Waals surface area (Å²) in [6, 6.07) is 0. The van der Waals surface area contributed by atoms with Gasteiger partial charge in [0.1, 0.15) is 0 Å². The highest BCUT2D eigenvalue weighted by atomic mass is 35.5. The van der Waals surface area contributed by atoms with Crippen LogP contribution in [0.25, 0.3) is 0 Å². The van der Waals surface area contributed by atoms with Crippen LogP contribution in [0.5, 0.6) is 0 Å². The molecule has 0 aromatic heterocycles. The molecule has 0 amide bonds. The fourth-order valence-corrected chi connectivity index (χ4v) is 0.350. The second-order valence-electron chi connectivity index (χ2n) is 1.49. The Kier molecular flexibility index (Phi) is 10.6. The van der Waals surface area contributed by atoms with Gasteiger partial charge in [-0.25, -0.2) is 0 Å². The number of hydrogen-bond acceptors (Lipinski definition) is 2. The number of nitrogens with zero attached hydrogens (tertiary/aromatic N) is 1. The number of nitrogens with one attached hydrogen (secondary N) is 1. The molecular formula is C4H12Cl2N2. The van der Waals surface area contributed by atoms with E-state index in [1.54, 1.807) is 0 Å². The Balaban J connectivity index is 0. The van der Waals surface area contributed by atoms with E-state index in [0.717, 1.165) is 6.54 Å². The summed E-state index contributed by atoms with van der Waals surface area (Å²) in [6.07, 6.45) is 0. The van der Waals surface area contributed by atoms with Crippen molar-refractivity contribution < 1.29 is 0 Å². The highest BCUT2D eigenvalue weighted by Crippen LogP contribution is 1.69. The number of hydrogen-bond donors (Lipinski definition) is 1. The zero-order valence-corrected chi connectivity index (χ0v) is 6.72. The molecule has 0 aliphatic heterocycles. The summed E-state index contributed by atoms with van der Waals surface area (Å²) < 4.78 is 0. The summed E-state index contributed by atoms with van der Waals surface area (Å²) in [5.74, 6) is 0.665. The van der Waals surface area contributed by atoms with Gasteiger partial charge in [-0.2, -0.15) is 0 Å². The lowest BCUT2D eigenvalue weighted by atomic mass is 10.8. The lowest BCUT2D eigenvalue weighted by molar-refractivity contribution is 0.299. The van der Waals surface area contributed by atoms with Gasteiger partial charge < -0.3 is 0 Å². The van der Waals surface area contributed by atoms with E-state index >= 15 is 0 Å². The van der Waals surface area contributed by atoms with Crippen molar-refractivity contribution >= 4 is 24.0 Å². The molecule has 0 aliphatic carbocycles. The van der Waals surface area contributed by atoms with Gasteiger partial charge in [-0.15, -0.1) is 24.0 Å². The normalized spacial score (nSPS) is 9.00. The topological polar surface area (TPSA) is 15.3 Å². The number of hydrazine groups is 1. The van der Waals surface area contributed by atoms with Crippen molar-refractivity contribution in [1.82, 2.24) is 10.4 Å². The average molecular weight is 159 g/mol. The summed E-state index contributed by atoms with van der Waals surface area (Å²) >= 11 is 5.36. The summed E-state index contributed by atoms with van der Waals surface area (Å²) in [5.41, 5.74) is 3.00. The van der Waals surface area contributed by atoms with E-state index in [0.29, 0.717) is 5.88 Å². The summed E-state index contributed by atoms with van der Waals surface area (Å²) in [7, 11) is 3.87.